The number of rotatable bonds is 7. The maximum Gasteiger partial charge on any atom is 0.225 e. The number of aliphatic hydroxyl groups excluding tert-OH is 1. The van der Waals surface area contributed by atoms with Crippen molar-refractivity contribution >= 4 is 34.1 Å². The molecule has 0 aliphatic heterocycles. The SMILES string of the molecule is COc1cc(-c2nc(Nc3ccc4[nH]ncc4c3Cl)n(C)n2)ccc1OCCO. The molecule has 0 saturated heterocycles. The summed E-state index contributed by atoms with van der Waals surface area (Å²) >= 11 is 6.48. The van der Waals surface area contributed by atoms with Crippen LogP contribution in [0, 0.1) is 0 Å². The van der Waals surface area contributed by atoms with E-state index in [9.17, 15) is 0 Å². The lowest BCUT2D eigenvalue weighted by molar-refractivity contribution is 0.196. The third-order valence-electron chi connectivity index (χ3n) is 4.34. The van der Waals surface area contributed by atoms with Crippen molar-refractivity contribution in [3.63, 3.8) is 0 Å². The Morgan fingerprint density at radius 1 is 1.24 bits per heavy atom. The average molecular weight is 415 g/mol. The summed E-state index contributed by atoms with van der Waals surface area (Å²) < 4.78 is 12.5. The zero-order chi connectivity index (χ0) is 20.4. The fourth-order valence-electron chi connectivity index (χ4n) is 2.90. The van der Waals surface area contributed by atoms with Crippen molar-refractivity contribution in [3.05, 3.63) is 41.6 Å². The van der Waals surface area contributed by atoms with Gasteiger partial charge in [-0.25, -0.2) is 4.68 Å². The lowest BCUT2D eigenvalue weighted by Crippen LogP contribution is -2.03. The average Bonchev–Trinajstić information content (AvgIpc) is 3.35. The highest BCUT2D eigenvalue weighted by atomic mass is 35.5. The number of aryl methyl sites for hydroxylation is 1. The van der Waals surface area contributed by atoms with Crippen LogP contribution in [0.4, 0.5) is 11.6 Å². The zero-order valence-electron chi connectivity index (χ0n) is 15.8. The molecule has 4 rings (SSSR count). The molecule has 3 N–H and O–H groups in total. The largest absolute Gasteiger partial charge is 0.493 e. The first-order valence-electron chi connectivity index (χ1n) is 8.82. The highest BCUT2D eigenvalue weighted by Crippen LogP contribution is 2.34. The number of anilines is 2. The molecule has 10 heteroatoms. The minimum Gasteiger partial charge on any atom is -0.493 e. The van der Waals surface area contributed by atoms with Crippen LogP contribution in [0.5, 0.6) is 11.5 Å². The second-order valence-electron chi connectivity index (χ2n) is 6.20. The number of aliphatic hydroxyl groups is 1. The molecule has 2 aromatic carbocycles. The molecular weight excluding hydrogens is 396 g/mol. The first-order valence-corrected chi connectivity index (χ1v) is 9.20. The number of H-pyrrole nitrogens is 1. The number of aromatic nitrogens is 5. The summed E-state index contributed by atoms with van der Waals surface area (Å²) in [6.45, 7) is 0.113. The molecule has 150 valence electrons. The molecule has 2 heterocycles. The van der Waals surface area contributed by atoms with Crippen LogP contribution in [0.3, 0.4) is 0 Å². The number of hydrogen-bond donors (Lipinski definition) is 3. The van der Waals surface area contributed by atoms with E-state index in [1.54, 1.807) is 37.2 Å². The summed E-state index contributed by atoms with van der Waals surface area (Å²) in [5.41, 5.74) is 2.32. The van der Waals surface area contributed by atoms with Gasteiger partial charge in [-0.05, 0) is 30.3 Å². The fourth-order valence-corrected chi connectivity index (χ4v) is 3.16. The first-order chi connectivity index (χ1) is 14.1. The number of nitrogens with one attached hydrogen (secondary N) is 2. The van der Waals surface area contributed by atoms with Crippen molar-refractivity contribution in [1.82, 2.24) is 25.0 Å². The third kappa shape index (κ3) is 3.69. The number of methoxy groups -OCH3 is 1. The number of fused-ring (bicyclic) bond motifs is 1. The predicted octanol–water partition coefficient (Wildman–Crippen LogP) is 3.14. The number of hydrogen-bond acceptors (Lipinski definition) is 7. The molecule has 0 fully saturated rings. The molecule has 0 radical (unpaired) electrons. The Kier molecular flexibility index (Phi) is 5.24. The van der Waals surface area contributed by atoms with Crippen molar-refractivity contribution in [2.45, 2.75) is 0 Å². The van der Waals surface area contributed by atoms with Crippen LogP contribution in [0.1, 0.15) is 0 Å². The molecule has 0 amide bonds. The van der Waals surface area contributed by atoms with Gasteiger partial charge >= 0.3 is 0 Å². The van der Waals surface area contributed by atoms with Crippen molar-refractivity contribution < 1.29 is 14.6 Å². The van der Waals surface area contributed by atoms with E-state index in [1.807, 2.05) is 18.2 Å². The number of halogens is 1. The van der Waals surface area contributed by atoms with Gasteiger partial charge in [0.15, 0.2) is 17.3 Å². The fraction of sp³-hybridized carbons (Fsp3) is 0.211. The summed E-state index contributed by atoms with van der Waals surface area (Å²) in [5.74, 6) is 2.12. The topological polar surface area (TPSA) is 110 Å². The molecule has 29 heavy (non-hydrogen) atoms. The molecule has 0 saturated carbocycles. The Morgan fingerprint density at radius 3 is 2.90 bits per heavy atom. The minimum atomic E-state index is -0.0745. The van der Waals surface area contributed by atoms with Crippen LogP contribution in [-0.4, -0.2) is 50.4 Å². The first kappa shape index (κ1) is 19.0. The van der Waals surface area contributed by atoms with E-state index in [0.29, 0.717) is 34.0 Å². The molecule has 0 aliphatic rings. The minimum absolute atomic E-state index is 0.0745. The van der Waals surface area contributed by atoms with Gasteiger partial charge in [0.2, 0.25) is 5.95 Å². The van der Waals surface area contributed by atoms with Crippen LogP contribution in [-0.2, 0) is 7.05 Å². The van der Waals surface area contributed by atoms with E-state index in [-0.39, 0.29) is 13.2 Å². The van der Waals surface area contributed by atoms with Gasteiger partial charge in [0, 0.05) is 18.0 Å². The van der Waals surface area contributed by atoms with E-state index < -0.39 is 0 Å². The van der Waals surface area contributed by atoms with Crippen LogP contribution in [0.15, 0.2) is 36.5 Å². The van der Waals surface area contributed by atoms with Crippen LogP contribution in [0.25, 0.3) is 22.3 Å². The third-order valence-corrected chi connectivity index (χ3v) is 4.75. The van der Waals surface area contributed by atoms with Crippen molar-refractivity contribution in [1.29, 1.82) is 0 Å². The molecule has 0 bridgehead atoms. The highest BCUT2D eigenvalue weighted by Gasteiger charge is 2.15. The monoisotopic (exact) mass is 414 g/mol. The van der Waals surface area contributed by atoms with E-state index >= 15 is 0 Å². The predicted molar refractivity (Wildman–Crippen MR) is 110 cm³/mol. The molecule has 2 aromatic heterocycles. The van der Waals surface area contributed by atoms with Crippen molar-refractivity contribution in [2.24, 2.45) is 7.05 Å². The molecular formula is C19H19ClN6O3. The Bertz CT molecular complexity index is 1160. The lowest BCUT2D eigenvalue weighted by Gasteiger charge is -2.10. The summed E-state index contributed by atoms with van der Waals surface area (Å²) in [6.07, 6.45) is 1.68. The Labute approximate surface area is 171 Å². The Hall–Kier alpha value is -3.30. The van der Waals surface area contributed by atoms with E-state index in [4.69, 9.17) is 26.2 Å². The second-order valence-corrected chi connectivity index (χ2v) is 6.58. The van der Waals surface area contributed by atoms with Gasteiger partial charge in [-0.2, -0.15) is 10.1 Å². The van der Waals surface area contributed by atoms with Gasteiger partial charge in [-0.1, -0.05) is 11.6 Å². The van der Waals surface area contributed by atoms with Gasteiger partial charge in [0.25, 0.3) is 0 Å². The second kappa shape index (κ2) is 7.98. The maximum absolute atomic E-state index is 8.93. The summed E-state index contributed by atoms with van der Waals surface area (Å²) in [4.78, 5) is 4.57. The van der Waals surface area contributed by atoms with Gasteiger partial charge in [0.05, 0.1) is 36.1 Å². The standard InChI is InChI=1S/C19H19ClN6O3/c1-26-19(22-14-5-4-13-12(17(14)20)10-21-24-13)23-18(25-26)11-3-6-15(29-8-7-27)16(9-11)28-2/h3-6,9-10,27H,7-8H2,1-2H3,(H,21,24)(H,22,23,25). The molecule has 9 nitrogen and oxygen atoms in total. The number of aromatic amines is 1. The van der Waals surface area contributed by atoms with E-state index in [0.717, 1.165) is 16.5 Å². The lowest BCUT2D eigenvalue weighted by atomic mass is 10.2. The number of benzene rings is 2. The summed E-state index contributed by atoms with van der Waals surface area (Å²) in [6, 6.07) is 9.13. The molecule has 0 unspecified atom stereocenters. The number of nitrogens with zero attached hydrogens (tertiary/aromatic N) is 4. The Balaban J connectivity index is 1.63. The van der Waals surface area contributed by atoms with Crippen LogP contribution >= 0.6 is 11.6 Å². The maximum atomic E-state index is 8.93. The molecule has 4 aromatic rings. The van der Waals surface area contributed by atoms with Gasteiger partial charge in [-0.15, -0.1) is 5.10 Å². The highest BCUT2D eigenvalue weighted by molar-refractivity contribution is 6.38. The number of ether oxygens (including phenoxy) is 2. The molecule has 0 atom stereocenters. The van der Waals surface area contributed by atoms with Crippen LogP contribution < -0.4 is 14.8 Å². The summed E-state index contributed by atoms with van der Waals surface area (Å²) in [7, 11) is 3.34. The van der Waals surface area contributed by atoms with E-state index in [2.05, 4.69) is 25.6 Å². The van der Waals surface area contributed by atoms with Crippen LogP contribution in [0.2, 0.25) is 5.02 Å². The van der Waals surface area contributed by atoms with Gasteiger partial charge < -0.3 is 19.9 Å². The normalized spacial score (nSPS) is 11.0. The van der Waals surface area contributed by atoms with Gasteiger partial charge in [-0.3, -0.25) is 5.10 Å². The Morgan fingerprint density at radius 2 is 2.10 bits per heavy atom. The smallest absolute Gasteiger partial charge is 0.225 e. The van der Waals surface area contributed by atoms with Crippen molar-refractivity contribution in [2.75, 3.05) is 25.6 Å². The zero-order valence-corrected chi connectivity index (χ0v) is 16.6. The quantitative estimate of drug-likeness (QED) is 0.426. The van der Waals surface area contributed by atoms with Crippen molar-refractivity contribution in [3.8, 4) is 22.9 Å². The van der Waals surface area contributed by atoms with E-state index in [1.165, 1.54) is 0 Å². The van der Waals surface area contributed by atoms with Gasteiger partial charge in [0.1, 0.15) is 6.61 Å². The molecule has 0 aliphatic carbocycles. The molecule has 0 spiro atoms. The summed E-state index contributed by atoms with van der Waals surface area (Å²) in [5, 5.41) is 24.9.